The lowest BCUT2D eigenvalue weighted by molar-refractivity contribution is -0.163. The van der Waals surface area contributed by atoms with Gasteiger partial charge >= 0.3 is 11.9 Å². The van der Waals surface area contributed by atoms with Crippen LogP contribution in [-0.4, -0.2) is 37.9 Å². The van der Waals surface area contributed by atoms with Gasteiger partial charge in [-0.2, -0.15) is 0 Å². The van der Waals surface area contributed by atoms with Crippen molar-refractivity contribution in [1.29, 1.82) is 0 Å². The Labute approximate surface area is 412 Å². The number of hydrogen-bond donors (Lipinski definition) is 0. The molecule has 1 atom stereocenters. The summed E-state index contributed by atoms with van der Waals surface area (Å²) in [4.78, 5) is 25.5. The zero-order chi connectivity index (χ0) is 47.7. The Balaban J connectivity index is 4.23. The van der Waals surface area contributed by atoms with E-state index in [0.29, 0.717) is 19.4 Å². The van der Waals surface area contributed by atoms with Crippen LogP contribution in [0.4, 0.5) is 0 Å². The van der Waals surface area contributed by atoms with Gasteiger partial charge in [-0.15, -0.1) is 0 Å². The first-order chi connectivity index (χ1) is 32.6. The monoisotopic (exact) mass is 925 g/mol. The molecule has 386 valence electrons. The van der Waals surface area contributed by atoms with Crippen LogP contribution in [0.2, 0.25) is 0 Å². The summed E-state index contributed by atoms with van der Waals surface area (Å²) < 4.78 is 17.5. The minimum atomic E-state index is -0.543. The van der Waals surface area contributed by atoms with E-state index in [-0.39, 0.29) is 25.2 Å². The van der Waals surface area contributed by atoms with Gasteiger partial charge in [-0.1, -0.05) is 236 Å². The van der Waals surface area contributed by atoms with Crippen LogP contribution in [0, 0.1) is 0 Å². The molecule has 0 rings (SSSR count). The fourth-order valence-electron chi connectivity index (χ4n) is 8.41. The molecule has 0 saturated carbocycles. The average molecular weight is 926 g/mol. The van der Waals surface area contributed by atoms with Gasteiger partial charge in [-0.3, -0.25) is 9.59 Å². The fraction of sp³-hybridized carbons (Fsp3) is 0.836. The smallest absolute Gasteiger partial charge is 0.306 e. The number of carbonyl (C=O) groups is 2. The number of unbranched alkanes of at least 4 members (excludes halogenated alkanes) is 35. The molecule has 66 heavy (non-hydrogen) atoms. The molecule has 0 heterocycles. The third kappa shape index (κ3) is 54.5. The van der Waals surface area contributed by atoms with E-state index in [1.807, 2.05) is 0 Å². The first-order valence-corrected chi connectivity index (χ1v) is 29.2. The number of carbonyl (C=O) groups excluding carboxylic acids is 2. The van der Waals surface area contributed by atoms with Crippen LogP contribution < -0.4 is 0 Å². The van der Waals surface area contributed by atoms with Gasteiger partial charge in [-0.25, -0.2) is 0 Å². The molecule has 0 amide bonds. The summed E-state index contributed by atoms with van der Waals surface area (Å²) in [7, 11) is 0. The Morgan fingerprint density at radius 3 is 1.06 bits per heavy atom. The molecule has 0 radical (unpaired) electrons. The zero-order valence-electron chi connectivity index (χ0n) is 44.5. The molecular formula is C61H112O5. The van der Waals surface area contributed by atoms with E-state index >= 15 is 0 Å². The van der Waals surface area contributed by atoms with Crippen molar-refractivity contribution in [2.75, 3.05) is 19.8 Å². The molecule has 0 aromatic heterocycles. The molecule has 1 unspecified atom stereocenters. The quantitative estimate of drug-likeness (QED) is 0.0345. The number of ether oxygens (including phenoxy) is 3. The van der Waals surface area contributed by atoms with E-state index in [1.54, 1.807) is 0 Å². The lowest BCUT2D eigenvalue weighted by Crippen LogP contribution is -2.30. The van der Waals surface area contributed by atoms with Gasteiger partial charge in [0.2, 0.25) is 0 Å². The highest BCUT2D eigenvalue weighted by Gasteiger charge is 2.17. The lowest BCUT2D eigenvalue weighted by atomic mass is 10.1. The van der Waals surface area contributed by atoms with E-state index in [4.69, 9.17) is 14.2 Å². The molecule has 0 saturated heterocycles. The third-order valence-corrected chi connectivity index (χ3v) is 12.8. The first kappa shape index (κ1) is 63.9. The number of rotatable bonds is 54. The van der Waals surface area contributed by atoms with Crippen molar-refractivity contribution in [3.8, 4) is 0 Å². The van der Waals surface area contributed by atoms with Crippen LogP contribution in [0.25, 0.3) is 0 Å². The molecule has 5 nitrogen and oxygen atoms in total. The molecule has 0 fully saturated rings. The Morgan fingerprint density at radius 1 is 0.333 bits per heavy atom. The molecule has 5 heteroatoms. The maximum Gasteiger partial charge on any atom is 0.306 e. The Hall–Kier alpha value is -2.14. The predicted octanol–water partition coefficient (Wildman–Crippen LogP) is 19.9. The normalized spacial score (nSPS) is 12.5. The van der Waals surface area contributed by atoms with Crippen LogP contribution in [0.15, 0.2) is 48.6 Å². The molecule has 0 aliphatic rings. The summed E-state index contributed by atoms with van der Waals surface area (Å²) in [6, 6.07) is 0. The number of hydrogen-bond acceptors (Lipinski definition) is 5. The highest BCUT2D eigenvalue weighted by Crippen LogP contribution is 2.15. The maximum absolute atomic E-state index is 12.8. The number of allylic oxidation sites excluding steroid dienone is 8. The summed E-state index contributed by atoms with van der Waals surface area (Å²) in [6.07, 6.45) is 71.3. The molecule has 0 spiro atoms. The SMILES string of the molecule is CCCCC/C=C\C/C=C\CCCCCCCCCCOCC(COC(=O)CCCCCCCCCCC/C=C\CCCCCCCC)OC(=O)CCCCCCC/C=C\CCCCCC. The highest BCUT2D eigenvalue weighted by atomic mass is 16.6. The molecule has 0 aliphatic heterocycles. The summed E-state index contributed by atoms with van der Waals surface area (Å²) in [5.74, 6) is -0.400. The number of esters is 2. The van der Waals surface area contributed by atoms with Crippen LogP contribution >= 0.6 is 0 Å². The molecule has 0 aliphatic carbocycles. The van der Waals surface area contributed by atoms with Gasteiger partial charge in [0.05, 0.1) is 6.61 Å². The minimum Gasteiger partial charge on any atom is -0.462 e. The van der Waals surface area contributed by atoms with Crippen LogP contribution in [0.5, 0.6) is 0 Å². The standard InChI is InChI=1S/C61H112O5/c1-4-7-10-13-16-19-22-25-27-29-31-32-34-37-39-42-45-48-51-54-60(62)65-58-59(66-61(63)55-52-49-46-43-40-36-24-21-18-15-12-9-6-3)57-64-56-53-50-47-44-41-38-35-33-30-28-26-23-20-17-14-11-8-5-2/h17,20-21,24-28,59H,4-16,18-19,22-23,29-58H2,1-3H3/b20-17-,24-21-,27-25-,28-26-. The van der Waals surface area contributed by atoms with Gasteiger partial charge in [0, 0.05) is 19.4 Å². The summed E-state index contributed by atoms with van der Waals surface area (Å²) in [5, 5.41) is 0. The molecule has 0 bridgehead atoms. The van der Waals surface area contributed by atoms with Gasteiger partial charge < -0.3 is 14.2 Å². The molecule has 0 N–H and O–H groups in total. The van der Waals surface area contributed by atoms with E-state index in [0.717, 1.165) is 57.8 Å². The van der Waals surface area contributed by atoms with Crippen molar-refractivity contribution in [3.05, 3.63) is 48.6 Å². The van der Waals surface area contributed by atoms with E-state index in [2.05, 4.69) is 69.4 Å². The van der Waals surface area contributed by atoms with Crippen LogP contribution in [0.3, 0.4) is 0 Å². The second-order valence-electron chi connectivity index (χ2n) is 19.5. The van der Waals surface area contributed by atoms with Crippen molar-refractivity contribution in [2.45, 2.75) is 309 Å². The first-order valence-electron chi connectivity index (χ1n) is 29.2. The van der Waals surface area contributed by atoms with Crippen molar-refractivity contribution in [1.82, 2.24) is 0 Å². The Kier molecular flexibility index (Phi) is 55.3. The lowest BCUT2D eigenvalue weighted by Gasteiger charge is -2.18. The zero-order valence-corrected chi connectivity index (χ0v) is 44.5. The van der Waals surface area contributed by atoms with Gasteiger partial charge in [-0.05, 0) is 103 Å². The summed E-state index contributed by atoms with van der Waals surface area (Å²) in [5.41, 5.74) is 0. The highest BCUT2D eigenvalue weighted by molar-refractivity contribution is 5.70. The van der Waals surface area contributed by atoms with Gasteiger partial charge in [0.15, 0.2) is 6.10 Å². The van der Waals surface area contributed by atoms with E-state index < -0.39 is 6.10 Å². The van der Waals surface area contributed by atoms with Gasteiger partial charge in [0.1, 0.15) is 6.61 Å². The van der Waals surface area contributed by atoms with Crippen molar-refractivity contribution in [2.24, 2.45) is 0 Å². The van der Waals surface area contributed by atoms with Crippen molar-refractivity contribution < 1.29 is 23.8 Å². The van der Waals surface area contributed by atoms with Crippen LogP contribution in [-0.2, 0) is 23.8 Å². The third-order valence-electron chi connectivity index (χ3n) is 12.8. The second-order valence-corrected chi connectivity index (χ2v) is 19.5. The maximum atomic E-state index is 12.8. The fourth-order valence-corrected chi connectivity index (χ4v) is 8.41. The van der Waals surface area contributed by atoms with E-state index in [9.17, 15) is 9.59 Å². The second kappa shape index (κ2) is 57.2. The topological polar surface area (TPSA) is 61.8 Å². The van der Waals surface area contributed by atoms with Gasteiger partial charge in [0.25, 0.3) is 0 Å². The summed E-state index contributed by atoms with van der Waals surface area (Å²) in [6.45, 7) is 7.81. The minimum absolute atomic E-state index is 0.0809. The largest absolute Gasteiger partial charge is 0.462 e. The Bertz CT molecular complexity index is 1090. The Morgan fingerprint density at radius 2 is 0.636 bits per heavy atom. The molecular weight excluding hydrogens is 813 g/mol. The average Bonchev–Trinajstić information content (AvgIpc) is 3.32. The van der Waals surface area contributed by atoms with Crippen molar-refractivity contribution >= 4 is 11.9 Å². The summed E-state index contributed by atoms with van der Waals surface area (Å²) >= 11 is 0. The van der Waals surface area contributed by atoms with E-state index in [1.165, 1.54) is 212 Å². The molecule has 0 aromatic rings. The van der Waals surface area contributed by atoms with Crippen molar-refractivity contribution in [3.63, 3.8) is 0 Å². The molecule has 0 aromatic carbocycles. The van der Waals surface area contributed by atoms with Crippen LogP contribution in [0.1, 0.15) is 303 Å². The predicted molar refractivity (Wildman–Crippen MR) is 288 cm³/mol.